The van der Waals surface area contributed by atoms with E-state index in [1.54, 1.807) is 0 Å². The van der Waals surface area contributed by atoms with Crippen molar-refractivity contribution < 1.29 is 9.47 Å². The molecule has 0 fully saturated rings. The third-order valence-corrected chi connectivity index (χ3v) is 4.14. The SMILES string of the molecule is CCn1ccc(CN(C)[C@H](C)c2ccc3c(c2)OCCO3)n1. The number of nitrogens with zero attached hydrogens (tertiary/aromatic N) is 3. The van der Waals surface area contributed by atoms with Crippen molar-refractivity contribution in [3.63, 3.8) is 0 Å². The molecule has 0 spiro atoms. The minimum absolute atomic E-state index is 0.280. The minimum Gasteiger partial charge on any atom is -0.486 e. The van der Waals surface area contributed by atoms with Gasteiger partial charge in [-0.2, -0.15) is 5.10 Å². The van der Waals surface area contributed by atoms with Crippen LogP contribution in [0.5, 0.6) is 11.5 Å². The first-order valence-electron chi connectivity index (χ1n) is 7.79. The second-order valence-corrected chi connectivity index (χ2v) is 5.66. The monoisotopic (exact) mass is 301 g/mol. The molecule has 0 saturated heterocycles. The molecule has 0 aliphatic carbocycles. The first kappa shape index (κ1) is 14.9. The summed E-state index contributed by atoms with van der Waals surface area (Å²) in [5.41, 5.74) is 2.32. The molecule has 1 aliphatic heterocycles. The number of benzene rings is 1. The average molecular weight is 301 g/mol. The molecule has 1 aliphatic rings. The molecule has 22 heavy (non-hydrogen) atoms. The number of rotatable bonds is 5. The smallest absolute Gasteiger partial charge is 0.161 e. The van der Waals surface area contributed by atoms with Crippen LogP contribution < -0.4 is 9.47 Å². The fourth-order valence-corrected chi connectivity index (χ4v) is 2.63. The van der Waals surface area contributed by atoms with Gasteiger partial charge in [0.2, 0.25) is 0 Å². The molecule has 0 amide bonds. The fourth-order valence-electron chi connectivity index (χ4n) is 2.63. The van der Waals surface area contributed by atoms with Crippen LogP contribution in [0.3, 0.4) is 0 Å². The van der Waals surface area contributed by atoms with Crippen LogP contribution in [-0.2, 0) is 13.1 Å². The number of fused-ring (bicyclic) bond motifs is 1. The number of hydrogen-bond donors (Lipinski definition) is 0. The molecule has 1 atom stereocenters. The highest BCUT2D eigenvalue weighted by Gasteiger charge is 2.17. The van der Waals surface area contributed by atoms with Crippen molar-refractivity contribution in [1.29, 1.82) is 0 Å². The summed E-state index contributed by atoms with van der Waals surface area (Å²) in [6.07, 6.45) is 2.03. The van der Waals surface area contributed by atoms with E-state index < -0.39 is 0 Å². The van der Waals surface area contributed by atoms with Gasteiger partial charge in [-0.1, -0.05) is 6.07 Å². The van der Waals surface area contributed by atoms with Gasteiger partial charge in [-0.3, -0.25) is 9.58 Å². The van der Waals surface area contributed by atoms with Crippen molar-refractivity contribution in [1.82, 2.24) is 14.7 Å². The lowest BCUT2D eigenvalue weighted by atomic mass is 10.1. The second kappa shape index (κ2) is 6.40. The lowest BCUT2D eigenvalue weighted by Crippen LogP contribution is -2.23. The van der Waals surface area contributed by atoms with E-state index in [1.807, 2.05) is 16.9 Å². The first-order chi connectivity index (χ1) is 10.7. The fraction of sp³-hybridized carbons (Fsp3) is 0.471. The van der Waals surface area contributed by atoms with Gasteiger partial charge in [0, 0.05) is 25.3 Å². The number of hydrogen-bond acceptors (Lipinski definition) is 4. The van der Waals surface area contributed by atoms with Crippen molar-refractivity contribution in [2.24, 2.45) is 0 Å². The molecule has 0 bridgehead atoms. The summed E-state index contributed by atoms with van der Waals surface area (Å²) in [5, 5.41) is 4.55. The number of ether oxygens (including phenoxy) is 2. The van der Waals surface area contributed by atoms with E-state index in [1.165, 1.54) is 5.56 Å². The molecular formula is C17H23N3O2. The Labute approximate surface area is 131 Å². The maximum Gasteiger partial charge on any atom is 0.161 e. The van der Waals surface area contributed by atoms with Crippen LogP contribution in [0.4, 0.5) is 0 Å². The number of aromatic nitrogens is 2. The molecule has 118 valence electrons. The quantitative estimate of drug-likeness (QED) is 0.851. The Kier molecular flexibility index (Phi) is 4.34. The standard InChI is InChI=1S/C17H23N3O2/c1-4-20-8-7-15(18-20)12-19(3)13(2)14-5-6-16-17(11-14)22-10-9-21-16/h5-8,11,13H,4,9-10,12H2,1-3H3/t13-/m1/s1. The summed E-state index contributed by atoms with van der Waals surface area (Å²) in [5.74, 6) is 1.69. The Morgan fingerprint density at radius 3 is 2.73 bits per heavy atom. The van der Waals surface area contributed by atoms with E-state index in [-0.39, 0.29) is 6.04 Å². The zero-order valence-corrected chi connectivity index (χ0v) is 13.5. The van der Waals surface area contributed by atoms with E-state index >= 15 is 0 Å². The molecular weight excluding hydrogens is 278 g/mol. The van der Waals surface area contributed by atoms with Crippen LogP contribution in [0.2, 0.25) is 0 Å². The van der Waals surface area contributed by atoms with Crippen molar-refractivity contribution in [2.45, 2.75) is 33.0 Å². The van der Waals surface area contributed by atoms with Crippen LogP contribution in [0.25, 0.3) is 0 Å². The van der Waals surface area contributed by atoms with Gasteiger partial charge in [-0.15, -0.1) is 0 Å². The van der Waals surface area contributed by atoms with E-state index in [4.69, 9.17) is 9.47 Å². The highest BCUT2D eigenvalue weighted by molar-refractivity contribution is 5.44. The van der Waals surface area contributed by atoms with Crippen LogP contribution in [0, 0.1) is 0 Å². The molecule has 1 aromatic heterocycles. The summed E-state index contributed by atoms with van der Waals surface area (Å²) in [6.45, 7) is 7.27. The highest BCUT2D eigenvalue weighted by Crippen LogP contribution is 2.33. The molecule has 5 heteroatoms. The van der Waals surface area contributed by atoms with Gasteiger partial charge in [0.15, 0.2) is 11.5 Å². The predicted octanol–water partition coefficient (Wildman–Crippen LogP) is 2.87. The maximum absolute atomic E-state index is 5.67. The third-order valence-electron chi connectivity index (χ3n) is 4.14. The van der Waals surface area contributed by atoms with Gasteiger partial charge < -0.3 is 9.47 Å². The predicted molar refractivity (Wildman–Crippen MR) is 85.2 cm³/mol. The van der Waals surface area contributed by atoms with Crippen molar-refractivity contribution in [3.05, 3.63) is 41.7 Å². The molecule has 3 rings (SSSR count). The summed E-state index contributed by atoms with van der Waals surface area (Å²) in [6, 6.07) is 8.55. The third kappa shape index (κ3) is 3.09. The maximum atomic E-state index is 5.67. The normalized spacial score (nSPS) is 15.1. The van der Waals surface area contributed by atoms with E-state index in [0.29, 0.717) is 13.2 Å². The summed E-state index contributed by atoms with van der Waals surface area (Å²) in [4.78, 5) is 2.29. The molecule has 0 unspecified atom stereocenters. The van der Waals surface area contributed by atoms with E-state index in [0.717, 1.165) is 30.3 Å². The Balaban J connectivity index is 1.70. The Morgan fingerprint density at radius 2 is 2.00 bits per heavy atom. The lowest BCUT2D eigenvalue weighted by Gasteiger charge is -2.26. The van der Waals surface area contributed by atoms with Gasteiger partial charge in [-0.25, -0.2) is 0 Å². The van der Waals surface area contributed by atoms with Gasteiger partial charge in [0.1, 0.15) is 13.2 Å². The van der Waals surface area contributed by atoms with Crippen molar-refractivity contribution >= 4 is 0 Å². The molecule has 5 nitrogen and oxygen atoms in total. The van der Waals surface area contributed by atoms with Crippen molar-refractivity contribution in [2.75, 3.05) is 20.3 Å². The second-order valence-electron chi connectivity index (χ2n) is 5.66. The molecule has 2 heterocycles. The van der Waals surface area contributed by atoms with Crippen LogP contribution in [-0.4, -0.2) is 34.9 Å². The minimum atomic E-state index is 0.280. The zero-order valence-electron chi connectivity index (χ0n) is 13.5. The molecule has 0 N–H and O–H groups in total. The largest absolute Gasteiger partial charge is 0.486 e. The van der Waals surface area contributed by atoms with Gasteiger partial charge in [0.05, 0.1) is 5.69 Å². The molecule has 1 aromatic carbocycles. The van der Waals surface area contributed by atoms with Gasteiger partial charge in [-0.05, 0) is 44.7 Å². The summed E-state index contributed by atoms with van der Waals surface area (Å²) in [7, 11) is 2.12. The van der Waals surface area contributed by atoms with Crippen LogP contribution in [0.1, 0.15) is 31.1 Å². The van der Waals surface area contributed by atoms with Gasteiger partial charge in [0.25, 0.3) is 0 Å². The molecule has 2 aromatic rings. The van der Waals surface area contributed by atoms with E-state index in [9.17, 15) is 0 Å². The molecule has 0 radical (unpaired) electrons. The Bertz CT molecular complexity index is 639. The zero-order chi connectivity index (χ0) is 15.5. The average Bonchev–Trinajstić information content (AvgIpc) is 3.01. The Morgan fingerprint density at radius 1 is 1.23 bits per heavy atom. The van der Waals surface area contributed by atoms with Crippen molar-refractivity contribution in [3.8, 4) is 11.5 Å². The highest BCUT2D eigenvalue weighted by atomic mass is 16.6. The lowest BCUT2D eigenvalue weighted by molar-refractivity contribution is 0.170. The first-order valence-corrected chi connectivity index (χ1v) is 7.79. The Hall–Kier alpha value is -2.01. The van der Waals surface area contributed by atoms with Crippen LogP contribution in [0.15, 0.2) is 30.5 Å². The summed E-state index contributed by atoms with van der Waals surface area (Å²) < 4.78 is 13.2. The topological polar surface area (TPSA) is 39.5 Å². The number of aryl methyl sites for hydroxylation is 1. The van der Waals surface area contributed by atoms with Gasteiger partial charge >= 0.3 is 0 Å². The summed E-state index contributed by atoms with van der Waals surface area (Å²) >= 11 is 0. The molecule has 0 saturated carbocycles. The van der Waals surface area contributed by atoms with Crippen LogP contribution >= 0.6 is 0 Å². The van der Waals surface area contributed by atoms with E-state index in [2.05, 4.69) is 49.1 Å².